The number of nitrogens with zero attached hydrogens (tertiary/aromatic N) is 2. The van der Waals surface area contributed by atoms with E-state index < -0.39 is 10.0 Å². The largest absolute Gasteiger partial charge is 0.313 e. The SMILES string of the molecule is CCCNCc1ccc(S(=O)(=O)Nc2nncs2)cc1Cl. The Morgan fingerprint density at radius 2 is 2.19 bits per heavy atom. The fourth-order valence-electron chi connectivity index (χ4n) is 1.63. The zero-order valence-electron chi connectivity index (χ0n) is 11.3. The number of hydrogen-bond donors (Lipinski definition) is 2. The number of anilines is 1. The van der Waals surface area contributed by atoms with E-state index in [4.69, 9.17) is 11.6 Å². The van der Waals surface area contributed by atoms with Crippen molar-refractivity contribution in [3.8, 4) is 0 Å². The van der Waals surface area contributed by atoms with Crippen molar-refractivity contribution in [2.45, 2.75) is 24.8 Å². The molecule has 0 radical (unpaired) electrons. The van der Waals surface area contributed by atoms with Crippen molar-refractivity contribution in [3.05, 3.63) is 34.3 Å². The van der Waals surface area contributed by atoms with E-state index in [1.807, 2.05) is 0 Å². The molecule has 1 aromatic heterocycles. The first-order chi connectivity index (χ1) is 10.0. The first-order valence-electron chi connectivity index (χ1n) is 6.31. The van der Waals surface area contributed by atoms with E-state index >= 15 is 0 Å². The summed E-state index contributed by atoms with van der Waals surface area (Å²) in [4.78, 5) is 0.0990. The molecule has 0 fully saturated rings. The monoisotopic (exact) mass is 346 g/mol. The third kappa shape index (κ3) is 4.37. The summed E-state index contributed by atoms with van der Waals surface area (Å²) in [6, 6.07) is 4.67. The molecular weight excluding hydrogens is 332 g/mol. The number of hydrogen-bond acceptors (Lipinski definition) is 6. The van der Waals surface area contributed by atoms with Crippen LogP contribution < -0.4 is 10.0 Å². The maximum absolute atomic E-state index is 12.2. The predicted octanol–water partition coefficient (Wildman–Crippen LogP) is 2.49. The molecule has 0 atom stereocenters. The summed E-state index contributed by atoms with van der Waals surface area (Å²) in [5.74, 6) is 0. The van der Waals surface area contributed by atoms with Crippen molar-refractivity contribution in [3.63, 3.8) is 0 Å². The average Bonchev–Trinajstić information content (AvgIpc) is 2.93. The first-order valence-corrected chi connectivity index (χ1v) is 9.05. The smallest absolute Gasteiger partial charge is 0.263 e. The quantitative estimate of drug-likeness (QED) is 0.752. The molecule has 6 nitrogen and oxygen atoms in total. The zero-order chi connectivity index (χ0) is 15.3. The lowest BCUT2D eigenvalue weighted by Gasteiger charge is -2.09. The van der Waals surface area contributed by atoms with E-state index in [0.717, 1.165) is 29.9 Å². The standard InChI is InChI=1S/C12H15ClN4O2S2/c1-2-5-14-7-9-3-4-10(6-11(9)13)21(18,19)17-12-16-15-8-20-12/h3-4,6,8,14H,2,5,7H2,1H3,(H,16,17). The second-order valence-corrected chi connectivity index (χ2v) is 7.20. The number of sulfonamides is 1. The minimum Gasteiger partial charge on any atom is -0.313 e. The van der Waals surface area contributed by atoms with E-state index in [9.17, 15) is 8.42 Å². The average molecular weight is 347 g/mol. The Morgan fingerprint density at radius 3 is 2.81 bits per heavy atom. The maximum Gasteiger partial charge on any atom is 0.263 e. The van der Waals surface area contributed by atoms with Gasteiger partial charge in [0.2, 0.25) is 5.13 Å². The normalized spacial score (nSPS) is 11.5. The molecule has 2 rings (SSSR count). The summed E-state index contributed by atoms with van der Waals surface area (Å²) in [5.41, 5.74) is 2.31. The third-order valence-corrected chi connectivity index (χ3v) is 5.08. The highest BCUT2D eigenvalue weighted by Crippen LogP contribution is 2.23. The highest BCUT2D eigenvalue weighted by molar-refractivity contribution is 7.93. The van der Waals surface area contributed by atoms with Gasteiger partial charge in [0, 0.05) is 11.6 Å². The Kier molecular flexibility index (Phi) is 5.51. The highest BCUT2D eigenvalue weighted by atomic mass is 35.5. The molecule has 1 aromatic carbocycles. The molecule has 0 aliphatic rings. The lowest BCUT2D eigenvalue weighted by Crippen LogP contribution is -2.15. The third-order valence-electron chi connectivity index (χ3n) is 2.66. The van der Waals surface area contributed by atoms with Crippen molar-refractivity contribution in [1.82, 2.24) is 15.5 Å². The number of benzene rings is 1. The van der Waals surface area contributed by atoms with E-state index in [-0.39, 0.29) is 10.0 Å². The van der Waals surface area contributed by atoms with Crippen molar-refractivity contribution >= 4 is 38.1 Å². The maximum atomic E-state index is 12.2. The molecule has 0 saturated carbocycles. The van der Waals surface area contributed by atoms with Crippen molar-refractivity contribution in [2.75, 3.05) is 11.3 Å². The molecule has 0 unspecified atom stereocenters. The minimum atomic E-state index is -3.69. The second kappa shape index (κ2) is 7.17. The Morgan fingerprint density at radius 1 is 1.38 bits per heavy atom. The van der Waals surface area contributed by atoms with Crippen LogP contribution in [-0.2, 0) is 16.6 Å². The van der Waals surface area contributed by atoms with Crippen molar-refractivity contribution in [2.24, 2.45) is 0 Å². The molecule has 2 aromatic rings. The first kappa shape index (κ1) is 16.2. The topological polar surface area (TPSA) is 84.0 Å². The van der Waals surface area contributed by atoms with Crippen LogP contribution in [0.2, 0.25) is 5.02 Å². The molecule has 1 heterocycles. The van der Waals surface area contributed by atoms with Crippen LogP contribution in [0.25, 0.3) is 0 Å². The molecule has 2 N–H and O–H groups in total. The fourth-order valence-corrected chi connectivity index (χ4v) is 3.66. The number of halogens is 1. The van der Waals surface area contributed by atoms with Gasteiger partial charge < -0.3 is 5.32 Å². The van der Waals surface area contributed by atoms with Crippen LogP contribution in [0.4, 0.5) is 5.13 Å². The molecule has 0 aliphatic carbocycles. The van der Waals surface area contributed by atoms with Gasteiger partial charge in [-0.15, -0.1) is 10.2 Å². The minimum absolute atomic E-state index is 0.0990. The van der Waals surface area contributed by atoms with Gasteiger partial charge in [0.1, 0.15) is 5.51 Å². The van der Waals surface area contributed by atoms with Gasteiger partial charge in [0.25, 0.3) is 10.0 Å². The molecule has 0 saturated heterocycles. The Hall–Kier alpha value is -1.22. The van der Waals surface area contributed by atoms with Crippen molar-refractivity contribution in [1.29, 1.82) is 0 Å². The van der Waals surface area contributed by atoms with Gasteiger partial charge in [-0.3, -0.25) is 4.72 Å². The number of nitrogens with one attached hydrogen (secondary N) is 2. The van der Waals surface area contributed by atoms with Gasteiger partial charge >= 0.3 is 0 Å². The van der Waals surface area contributed by atoms with Gasteiger partial charge in [-0.25, -0.2) is 8.42 Å². The van der Waals surface area contributed by atoms with Gasteiger partial charge in [0.15, 0.2) is 0 Å². The van der Waals surface area contributed by atoms with Crippen LogP contribution in [0.3, 0.4) is 0 Å². The predicted molar refractivity (Wildman–Crippen MR) is 84.2 cm³/mol. The van der Waals surface area contributed by atoms with Crippen LogP contribution in [0.1, 0.15) is 18.9 Å². The van der Waals surface area contributed by atoms with Gasteiger partial charge in [-0.05, 0) is 30.7 Å². The summed E-state index contributed by atoms with van der Waals surface area (Å²) in [5, 5.41) is 11.1. The fraction of sp³-hybridized carbons (Fsp3) is 0.333. The summed E-state index contributed by atoms with van der Waals surface area (Å²) in [7, 11) is -3.69. The van der Waals surface area contributed by atoms with Crippen LogP contribution >= 0.6 is 22.9 Å². The summed E-state index contributed by atoms with van der Waals surface area (Å²) in [6.07, 6.45) is 1.02. The number of aromatic nitrogens is 2. The Labute approximate surface area is 132 Å². The highest BCUT2D eigenvalue weighted by Gasteiger charge is 2.17. The molecule has 21 heavy (non-hydrogen) atoms. The van der Waals surface area contributed by atoms with Crippen LogP contribution in [0, 0.1) is 0 Å². The second-order valence-electron chi connectivity index (χ2n) is 4.28. The molecule has 0 bridgehead atoms. The number of rotatable bonds is 7. The lowest BCUT2D eigenvalue weighted by atomic mass is 10.2. The molecule has 0 aliphatic heterocycles. The van der Waals surface area contributed by atoms with Crippen molar-refractivity contribution < 1.29 is 8.42 Å². The van der Waals surface area contributed by atoms with Crippen LogP contribution in [0.5, 0.6) is 0 Å². The molecule has 114 valence electrons. The lowest BCUT2D eigenvalue weighted by molar-refractivity contribution is 0.601. The molecule has 0 amide bonds. The Balaban J connectivity index is 2.15. The molecule has 9 heteroatoms. The zero-order valence-corrected chi connectivity index (χ0v) is 13.7. The van der Waals surface area contributed by atoms with E-state index in [2.05, 4.69) is 27.2 Å². The van der Waals surface area contributed by atoms with E-state index in [1.165, 1.54) is 17.6 Å². The van der Waals surface area contributed by atoms with Gasteiger partial charge in [0.05, 0.1) is 4.90 Å². The Bertz CT molecular complexity index is 689. The van der Waals surface area contributed by atoms with E-state index in [0.29, 0.717) is 11.6 Å². The molecule has 0 spiro atoms. The van der Waals surface area contributed by atoms with Crippen LogP contribution in [-0.4, -0.2) is 25.2 Å². The van der Waals surface area contributed by atoms with Crippen LogP contribution in [0.15, 0.2) is 28.6 Å². The summed E-state index contributed by atoms with van der Waals surface area (Å²) < 4.78 is 26.7. The summed E-state index contributed by atoms with van der Waals surface area (Å²) >= 11 is 7.25. The van der Waals surface area contributed by atoms with Gasteiger partial charge in [-0.2, -0.15) is 0 Å². The van der Waals surface area contributed by atoms with E-state index in [1.54, 1.807) is 6.07 Å². The molecular formula is C12H15ClN4O2S2. The summed E-state index contributed by atoms with van der Waals surface area (Å²) in [6.45, 7) is 3.56. The van der Waals surface area contributed by atoms with Gasteiger partial charge in [-0.1, -0.05) is 35.9 Å².